The minimum absolute atomic E-state index is 0.0650. The number of carbonyl (C=O) groups excluding carboxylic acids is 1. The fourth-order valence-electron chi connectivity index (χ4n) is 2.49. The molecule has 0 spiro atoms. The second-order valence-corrected chi connectivity index (χ2v) is 5.40. The number of hydrogen-bond donors (Lipinski definition) is 2. The molecule has 0 aliphatic carbocycles. The molecule has 1 rings (SSSR count). The smallest absolute Gasteiger partial charge is 0.348 e. The van der Waals surface area contributed by atoms with Crippen molar-refractivity contribution in [2.45, 2.75) is 46.6 Å². The number of nitrogens with zero attached hydrogens (tertiary/aromatic N) is 2. The molecule has 0 aromatic carbocycles. The third kappa shape index (κ3) is 3.68. The molecule has 0 aliphatic heterocycles. The minimum Gasteiger partial charge on any atom is -0.481 e. The fourth-order valence-corrected chi connectivity index (χ4v) is 2.49. The van der Waals surface area contributed by atoms with Gasteiger partial charge in [0, 0.05) is 17.8 Å². The van der Waals surface area contributed by atoms with Gasteiger partial charge in [-0.05, 0) is 31.7 Å². The summed E-state index contributed by atoms with van der Waals surface area (Å²) in [5.41, 5.74) is 6.56. The van der Waals surface area contributed by atoms with Crippen LogP contribution < -0.4 is 11.4 Å². The number of rotatable bonds is 6. The topological polar surface area (TPSA) is 115 Å². The Kier molecular flexibility index (Phi) is 5.23. The maximum absolute atomic E-state index is 12.1. The second kappa shape index (κ2) is 6.51. The molecule has 7 nitrogen and oxygen atoms in total. The van der Waals surface area contributed by atoms with Crippen LogP contribution in [-0.2, 0) is 16.0 Å². The first-order chi connectivity index (χ1) is 9.66. The second-order valence-electron chi connectivity index (χ2n) is 5.40. The highest BCUT2D eigenvalue weighted by molar-refractivity contribution is 5.78. The van der Waals surface area contributed by atoms with Crippen molar-refractivity contribution in [3.63, 3.8) is 0 Å². The summed E-state index contributed by atoms with van der Waals surface area (Å²) in [6.45, 7) is 6.92. The summed E-state index contributed by atoms with van der Waals surface area (Å²) in [7, 11) is 0. The Morgan fingerprint density at radius 2 is 1.90 bits per heavy atom. The molecule has 7 heteroatoms. The van der Waals surface area contributed by atoms with Crippen LogP contribution in [-0.4, -0.2) is 26.5 Å². The number of carboxylic acids is 1. The molecule has 3 N–H and O–H groups in total. The van der Waals surface area contributed by atoms with Gasteiger partial charge in [-0.3, -0.25) is 14.2 Å². The Hall–Kier alpha value is -2.18. The Morgan fingerprint density at radius 3 is 2.33 bits per heavy atom. The fraction of sp³-hybridized carbons (Fsp3) is 0.571. The van der Waals surface area contributed by atoms with Gasteiger partial charge in [-0.25, -0.2) is 4.79 Å². The number of primary amides is 1. The van der Waals surface area contributed by atoms with Crippen LogP contribution in [0.3, 0.4) is 0 Å². The van der Waals surface area contributed by atoms with E-state index in [-0.39, 0.29) is 18.8 Å². The van der Waals surface area contributed by atoms with Crippen LogP contribution in [0.25, 0.3) is 0 Å². The number of aromatic nitrogens is 2. The minimum atomic E-state index is -0.929. The van der Waals surface area contributed by atoms with E-state index in [9.17, 15) is 14.4 Å². The largest absolute Gasteiger partial charge is 0.481 e. The molecule has 0 aliphatic rings. The molecule has 0 fully saturated rings. The summed E-state index contributed by atoms with van der Waals surface area (Å²) in [5, 5.41) is 8.80. The summed E-state index contributed by atoms with van der Waals surface area (Å²) in [4.78, 5) is 38.4. The Labute approximate surface area is 122 Å². The number of nitrogens with two attached hydrogens (primary N) is 1. The van der Waals surface area contributed by atoms with Crippen LogP contribution in [0.4, 0.5) is 0 Å². The van der Waals surface area contributed by atoms with Crippen molar-refractivity contribution in [2.24, 2.45) is 11.7 Å². The zero-order chi connectivity index (χ0) is 16.3. The number of carboxylic acid groups (broad SMARTS) is 1. The predicted molar refractivity (Wildman–Crippen MR) is 77.0 cm³/mol. The molecular weight excluding hydrogens is 274 g/mol. The van der Waals surface area contributed by atoms with Crippen molar-refractivity contribution in [3.8, 4) is 0 Å². The lowest BCUT2D eigenvalue weighted by Gasteiger charge is -2.24. The number of carbonyl (C=O) groups is 2. The first kappa shape index (κ1) is 16.9. The van der Waals surface area contributed by atoms with Crippen molar-refractivity contribution in [1.82, 2.24) is 9.55 Å². The molecule has 1 unspecified atom stereocenters. The number of hydrogen-bond acceptors (Lipinski definition) is 4. The molecule has 1 aromatic rings. The van der Waals surface area contributed by atoms with E-state index in [4.69, 9.17) is 10.8 Å². The maximum Gasteiger partial charge on any atom is 0.348 e. The number of aryl methyl sites for hydroxylation is 1. The zero-order valence-electron chi connectivity index (χ0n) is 12.7. The highest BCUT2D eigenvalue weighted by atomic mass is 16.4. The first-order valence-electron chi connectivity index (χ1n) is 6.76. The van der Waals surface area contributed by atoms with E-state index >= 15 is 0 Å². The summed E-state index contributed by atoms with van der Waals surface area (Å²) in [5.74, 6) is -1.71. The van der Waals surface area contributed by atoms with E-state index in [0.717, 1.165) is 0 Å². The summed E-state index contributed by atoms with van der Waals surface area (Å²) in [6, 6.07) is -0.797. The van der Waals surface area contributed by atoms with Gasteiger partial charge in [0.2, 0.25) is 5.91 Å². The Bertz CT molecular complexity index is 619. The molecule has 21 heavy (non-hydrogen) atoms. The average Bonchev–Trinajstić information content (AvgIpc) is 2.32. The standard InChI is InChI=1S/C14H21N3O4/c1-7(2)12(13(15)20)17-9(4)10(5-6-11(18)19)8(3)16-14(17)21/h7,12H,5-6H2,1-4H3,(H2,15,20)(H,18,19). The normalized spacial score (nSPS) is 12.4. The van der Waals surface area contributed by atoms with Gasteiger partial charge in [-0.2, -0.15) is 4.98 Å². The van der Waals surface area contributed by atoms with Gasteiger partial charge in [-0.1, -0.05) is 13.8 Å². The predicted octanol–water partition coefficient (Wildman–Crippen LogP) is 0.560. The molecule has 0 bridgehead atoms. The van der Waals surface area contributed by atoms with Gasteiger partial charge in [0.1, 0.15) is 6.04 Å². The average molecular weight is 295 g/mol. The van der Waals surface area contributed by atoms with Gasteiger partial charge in [0.25, 0.3) is 0 Å². The van der Waals surface area contributed by atoms with Crippen molar-refractivity contribution in [3.05, 3.63) is 27.4 Å². The van der Waals surface area contributed by atoms with E-state index in [0.29, 0.717) is 17.0 Å². The van der Waals surface area contributed by atoms with Gasteiger partial charge in [0.05, 0.1) is 0 Å². The van der Waals surface area contributed by atoms with Crippen LogP contribution in [0.1, 0.15) is 43.3 Å². The van der Waals surface area contributed by atoms with Gasteiger partial charge >= 0.3 is 11.7 Å². The van der Waals surface area contributed by atoms with Gasteiger partial charge in [-0.15, -0.1) is 0 Å². The molecular formula is C14H21N3O4. The van der Waals surface area contributed by atoms with Crippen LogP contribution >= 0.6 is 0 Å². The lowest BCUT2D eigenvalue weighted by atomic mass is 10.0. The van der Waals surface area contributed by atoms with Crippen molar-refractivity contribution in [1.29, 1.82) is 0 Å². The van der Waals surface area contributed by atoms with E-state index < -0.39 is 23.6 Å². The number of amides is 1. The highest BCUT2D eigenvalue weighted by Gasteiger charge is 2.26. The quantitative estimate of drug-likeness (QED) is 0.795. The first-order valence-corrected chi connectivity index (χ1v) is 6.76. The molecule has 0 radical (unpaired) electrons. The molecule has 0 saturated heterocycles. The third-order valence-corrected chi connectivity index (χ3v) is 3.49. The van der Waals surface area contributed by atoms with Crippen molar-refractivity contribution >= 4 is 11.9 Å². The van der Waals surface area contributed by atoms with Gasteiger partial charge in [0.15, 0.2) is 0 Å². The lowest BCUT2D eigenvalue weighted by Crippen LogP contribution is -2.40. The lowest BCUT2D eigenvalue weighted by molar-refractivity contribution is -0.137. The SMILES string of the molecule is Cc1nc(=O)n(C(C(N)=O)C(C)C)c(C)c1CCC(=O)O. The summed E-state index contributed by atoms with van der Waals surface area (Å²) < 4.78 is 1.27. The van der Waals surface area contributed by atoms with Gasteiger partial charge < -0.3 is 10.8 Å². The zero-order valence-corrected chi connectivity index (χ0v) is 12.7. The van der Waals surface area contributed by atoms with Crippen molar-refractivity contribution in [2.75, 3.05) is 0 Å². The third-order valence-electron chi connectivity index (χ3n) is 3.49. The van der Waals surface area contributed by atoms with Crippen molar-refractivity contribution < 1.29 is 14.7 Å². The monoisotopic (exact) mass is 295 g/mol. The molecule has 1 amide bonds. The molecule has 1 heterocycles. The highest BCUT2D eigenvalue weighted by Crippen LogP contribution is 2.20. The maximum atomic E-state index is 12.1. The van der Waals surface area contributed by atoms with Crippen LogP contribution in [0.15, 0.2) is 4.79 Å². The van der Waals surface area contributed by atoms with E-state index in [1.165, 1.54) is 4.57 Å². The molecule has 0 saturated carbocycles. The van der Waals surface area contributed by atoms with E-state index in [1.807, 2.05) is 0 Å². The van der Waals surface area contributed by atoms with E-state index in [2.05, 4.69) is 4.98 Å². The van der Waals surface area contributed by atoms with E-state index in [1.54, 1.807) is 27.7 Å². The molecule has 1 atom stereocenters. The molecule has 1 aromatic heterocycles. The summed E-state index contributed by atoms with van der Waals surface area (Å²) >= 11 is 0. The van der Waals surface area contributed by atoms with Crippen LogP contribution in [0, 0.1) is 19.8 Å². The van der Waals surface area contributed by atoms with Crippen LogP contribution in [0.5, 0.6) is 0 Å². The number of aliphatic carboxylic acids is 1. The Morgan fingerprint density at radius 1 is 1.33 bits per heavy atom. The molecule has 116 valence electrons. The Balaban J connectivity index is 3.45. The van der Waals surface area contributed by atoms with Crippen LogP contribution in [0.2, 0.25) is 0 Å². The summed E-state index contributed by atoms with van der Waals surface area (Å²) in [6.07, 6.45) is 0.189.